The molecule has 0 saturated carbocycles. The summed E-state index contributed by atoms with van der Waals surface area (Å²) in [5.41, 5.74) is 3.53. The van der Waals surface area contributed by atoms with Gasteiger partial charge in [0.15, 0.2) is 0 Å². The number of benzene rings is 2. The zero-order valence-corrected chi connectivity index (χ0v) is 15.0. The van der Waals surface area contributed by atoms with Crippen molar-refractivity contribution in [3.8, 4) is 5.69 Å². The summed E-state index contributed by atoms with van der Waals surface area (Å²) in [6.07, 6.45) is 3.88. The van der Waals surface area contributed by atoms with Crippen LogP contribution in [0.25, 0.3) is 5.69 Å². The highest BCUT2D eigenvalue weighted by Crippen LogP contribution is 2.27. The summed E-state index contributed by atoms with van der Waals surface area (Å²) in [5.74, 6) is 0.664. The Balaban J connectivity index is 1.44. The third-order valence-corrected chi connectivity index (χ3v) is 4.83. The van der Waals surface area contributed by atoms with E-state index in [1.54, 1.807) is 12.3 Å². The fourth-order valence-electron chi connectivity index (χ4n) is 3.46. The maximum Gasteiger partial charge on any atom is 0.252 e. The van der Waals surface area contributed by atoms with E-state index in [2.05, 4.69) is 15.6 Å². The summed E-state index contributed by atoms with van der Waals surface area (Å²) in [4.78, 5) is 28.7. The van der Waals surface area contributed by atoms with Gasteiger partial charge in [-0.3, -0.25) is 9.59 Å². The Morgan fingerprint density at radius 2 is 1.96 bits per heavy atom. The lowest BCUT2D eigenvalue weighted by molar-refractivity contribution is -0.121. The number of carbonyl (C=O) groups is 2. The second-order valence-electron chi connectivity index (χ2n) is 6.57. The zero-order valence-electron chi connectivity index (χ0n) is 15.0. The Morgan fingerprint density at radius 1 is 1.19 bits per heavy atom. The Hall–Kier alpha value is -3.41. The molecular formula is C21H20N4O2. The smallest absolute Gasteiger partial charge is 0.252 e. The van der Waals surface area contributed by atoms with Gasteiger partial charge in [-0.05, 0) is 30.2 Å². The standard InChI is InChI=1S/C21H20N4O2/c1-14-22-10-11-25(14)19-9-5-2-6-15(19)13-23-20(26)12-18-16-7-3-4-8-17(16)21(27)24-18/h2-11,18H,12-13H2,1H3,(H,23,26)(H,24,27). The quantitative estimate of drug-likeness (QED) is 0.734. The fourth-order valence-corrected chi connectivity index (χ4v) is 3.46. The first-order valence-corrected chi connectivity index (χ1v) is 8.88. The molecule has 1 unspecified atom stereocenters. The van der Waals surface area contributed by atoms with E-state index in [1.807, 2.05) is 60.2 Å². The molecule has 0 bridgehead atoms. The van der Waals surface area contributed by atoms with Gasteiger partial charge in [-0.25, -0.2) is 4.98 Å². The molecule has 2 N–H and O–H groups in total. The maximum atomic E-state index is 12.5. The van der Waals surface area contributed by atoms with Crippen LogP contribution in [-0.4, -0.2) is 21.4 Å². The monoisotopic (exact) mass is 360 g/mol. The summed E-state index contributed by atoms with van der Waals surface area (Å²) < 4.78 is 1.99. The molecule has 2 amide bonds. The van der Waals surface area contributed by atoms with Crippen LogP contribution in [0.4, 0.5) is 0 Å². The second kappa shape index (κ2) is 7.07. The van der Waals surface area contributed by atoms with E-state index in [0.717, 1.165) is 22.6 Å². The van der Waals surface area contributed by atoms with Gasteiger partial charge in [-0.15, -0.1) is 0 Å². The molecule has 0 fully saturated rings. The van der Waals surface area contributed by atoms with Crippen molar-refractivity contribution in [2.24, 2.45) is 0 Å². The lowest BCUT2D eigenvalue weighted by Gasteiger charge is -2.14. The molecule has 0 radical (unpaired) electrons. The van der Waals surface area contributed by atoms with Crippen molar-refractivity contribution in [1.29, 1.82) is 0 Å². The number of hydrogen-bond acceptors (Lipinski definition) is 3. The summed E-state index contributed by atoms with van der Waals surface area (Å²) in [7, 11) is 0. The van der Waals surface area contributed by atoms with E-state index in [-0.39, 0.29) is 24.3 Å². The molecular weight excluding hydrogens is 340 g/mol. The molecule has 4 rings (SSSR count). The first-order valence-electron chi connectivity index (χ1n) is 8.88. The van der Waals surface area contributed by atoms with Crippen molar-refractivity contribution in [3.63, 3.8) is 0 Å². The highest BCUT2D eigenvalue weighted by Gasteiger charge is 2.29. The number of rotatable bonds is 5. The van der Waals surface area contributed by atoms with E-state index < -0.39 is 0 Å². The predicted molar refractivity (Wildman–Crippen MR) is 101 cm³/mol. The van der Waals surface area contributed by atoms with Gasteiger partial charge in [-0.2, -0.15) is 0 Å². The first kappa shape index (κ1) is 17.0. The van der Waals surface area contributed by atoms with Crippen LogP contribution in [0.5, 0.6) is 0 Å². The maximum absolute atomic E-state index is 12.5. The summed E-state index contributed by atoms with van der Waals surface area (Å²) in [5, 5.41) is 5.85. The van der Waals surface area contributed by atoms with Crippen LogP contribution in [0.2, 0.25) is 0 Å². The Morgan fingerprint density at radius 3 is 2.78 bits per heavy atom. The molecule has 1 atom stereocenters. The minimum atomic E-state index is -0.278. The molecule has 6 heteroatoms. The number of hydrogen-bond donors (Lipinski definition) is 2. The third-order valence-electron chi connectivity index (χ3n) is 4.83. The van der Waals surface area contributed by atoms with E-state index in [0.29, 0.717) is 12.1 Å². The predicted octanol–water partition coefficient (Wildman–Crippen LogP) is 2.67. The van der Waals surface area contributed by atoms with Crippen LogP contribution in [0.15, 0.2) is 60.9 Å². The van der Waals surface area contributed by atoms with Gasteiger partial charge < -0.3 is 15.2 Å². The first-order chi connectivity index (χ1) is 13.1. The molecule has 0 aliphatic carbocycles. The van der Waals surface area contributed by atoms with E-state index in [9.17, 15) is 9.59 Å². The Bertz CT molecular complexity index is 1010. The highest BCUT2D eigenvalue weighted by atomic mass is 16.2. The van der Waals surface area contributed by atoms with E-state index >= 15 is 0 Å². The minimum absolute atomic E-state index is 0.103. The van der Waals surface area contributed by atoms with Crippen LogP contribution < -0.4 is 10.6 Å². The van der Waals surface area contributed by atoms with Crippen molar-refractivity contribution in [3.05, 3.63) is 83.4 Å². The van der Waals surface area contributed by atoms with Gasteiger partial charge in [0.05, 0.1) is 18.2 Å². The number of aromatic nitrogens is 2. The number of aryl methyl sites for hydroxylation is 1. The molecule has 0 saturated heterocycles. The summed E-state index contributed by atoms with van der Waals surface area (Å²) in [6, 6.07) is 15.0. The van der Waals surface area contributed by atoms with Gasteiger partial charge in [0.2, 0.25) is 5.91 Å². The molecule has 27 heavy (non-hydrogen) atoms. The number of amides is 2. The van der Waals surface area contributed by atoms with Crippen molar-refractivity contribution in [1.82, 2.24) is 20.2 Å². The molecule has 3 aromatic rings. The van der Waals surface area contributed by atoms with Gasteiger partial charge in [0.1, 0.15) is 5.82 Å². The second-order valence-corrected chi connectivity index (χ2v) is 6.57. The van der Waals surface area contributed by atoms with Gasteiger partial charge in [0.25, 0.3) is 5.91 Å². The van der Waals surface area contributed by atoms with E-state index in [1.165, 1.54) is 0 Å². The normalized spacial score (nSPS) is 15.3. The van der Waals surface area contributed by atoms with Crippen LogP contribution in [-0.2, 0) is 11.3 Å². The number of fused-ring (bicyclic) bond motifs is 1. The van der Waals surface area contributed by atoms with Crippen molar-refractivity contribution < 1.29 is 9.59 Å². The Labute approximate surface area is 157 Å². The van der Waals surface area contributed by atoms with Crippen molar-refractivity contribution >= 4 is 11.8 Å². The molecule has 0 spiro atoms. The van der Waals surface area contributed by atoms with Gasteiger partial charge >= 0.3 is 0 Å². The van der Waals surface area contributed by atoms with E-state index in [4.69, 9.17) is 0 Å². The van der Waals surface area contributed by atoms with Crippen molar-refractivity contribution in [2.75, 3.05) is 0 Å². The zero-order chi connectivity index (χ0) is 18.8. The van der Waals surface area contributed by atoms with Gasteiger partial charge in [-0.1, -0.05) is 36.4 Å². The number of nitrogens with zero attached hydrogens (tertiary/aromatic N) is 2. The number of carbonyl (C=O) groups excluding carboxylic acids is 2. The molecule has 1 aliphatic heterocycles. The molecule has 6 nitrogen and oxygen atoms in total. The van der Waals surface area contributed by atoms with Crippen LogP contribution >= 0.6 is 0 Å². The lowest BCUT2D eigenvalue weighted by Crippen LogP contribution is -2.29. The average Bonchev–Trinajstić information content (AvgIpc) is 3.24. The van der Waals surface area contributed by atoms with Crippen LogP contribution in [0.1, 0.15) is 39.8 Å². The van der Waals surface area contributed by atoms with Crippen LogP contribution in [0.3, 0.4) is 0 Å². The molecule has 2 aromatic carbocycles. The largest absolute Gasteiger partial charge is 0.352 e. The summed E-state index contributed by atoms with van der Waals surface area (Å²) >= 11 is 0. The third kappa shape index (κ3) is 3.33. The van der Waals surface area contributed by atoms with Crippen molar-refractivity contribution in [2.45, 2.75) is 25.9 Å². The minimum Gasteiger partial charge on any atom is -0.352 e. The number of imidazole rings is 1. The molecule has 136 valence electrons. The number of nitrogens with one attached hydrogen (secondary N) is 2. The van der Waals surface area contributed by atoms with Gasteiger partial charge in [0, 0.05) is 24.5 Å². The Kier molecular flexibility index (Phi) is 4.46. The highest BCUT2D eigenvalue weighted by molar-refractivity contribution is 5.99. The topological polar surface area (TPSA) is 76.0 Å². The molecule has 1 aromatic heterocycles. The molecule has 2 heterocycles. The lowest BCUT2D eigenvalue weighted by atomic mass is 10.0. The average molecular weight is 360 g/mol. The van der Waals surface area contributed by atoms with Crippen LogP contribution in [0, 0.1) is 6.92 Å². The molecule has 1 aliphatic rings. The SMILES string of the molecule is Cc1nccn1-c1ccccc1CNC(=O)CC1NC(=O)c2ccccc21. The summed E-state index contributed by atoms with van der Waals surface area (Å²) in [6.45, 7) is 2.35. The fraction of sp³-hybridized carbons (Fsp3) is 0.190. The number of para-hydroxylation sites is 1.